The fourth-order valence-corrected chi connectivity index (χ4v) is 6.22. The Morgan fingerprint density at radius 1 is 0.653 bits per heavy atom. The number of hydrogen-bond donors (Lipinski definition) is 1. The third kappa shape index (κ3) is 6.93. The summed E-state index contributed by atoms with van der Waals surface area (Å²) in [6, 6.07) is 49.0. The minimum Gasteiger partial charge on any atom is -0.507 e. The standard InChI is InChI=1S/C44H38N3O.Pt/c1-29(2)33-25-34(30(3)4)27-35(26-33)38-22-23-40(46-44(38)39-18-7-8-20-42(39)48)32-15-11-16-36(28-32)47(43-21-9-10-24-45-43)41-19-12-14-31-13-5-6-17-37(31)41;/h5-27,29-30,48H,1-4H3;/q-1;. The zero-order valence-electron chi connectivity index (χ0n) is 28.0. The molecule has 2 heterocycles. The molecular formula is C44H38N3OPt-. The second-order valence-corrected chi connectivity index (χ2v) is 12.8. The van der Waals surface area contributed by atoms with Gasteiger partial charge in [-0.05, 0) is 75.6 Å². The first-order chi connectivity index (χ1) is 23.4. The first kappa shape index (κ1) is 33.8. The van der Waals surface area contributed by atoms with Crippen LogP contribution in [0.25, 0.3) is 44.4 Å². The molecule has 4 nitrogen and oxygen atoms in total. The molecule has 0 atom stereocenters. The number of nitrogens with zero attached hydrogens (tertiary/aromatic N) is 3. The van der Waals surface area contributed by atoms with E-state index in [1.165, 1.54) is 11.1 Å². The number of benzene rings is 5. The Hall–Kier alpha value is -5.05. The Balaban J connectivity index is 0.00000417. The topological polar surface area (TPSA) is 49.2 Å². The van der Waals surface area contributed by atoms with Crippen LogP contribution < -0.4 is 4.90 Å². The van der Waals surface area contributed by atoms with Crippen molar-refractivity contribution in [1.82, 2.24) is 9.97 Å². The van der Waals surface area contributed by atoms with Gasteiger partial charge >= 0.3 is 0 Å². The number of aromatic nitrogens is 2. The van der Waals surface area contributed by atoms with Gasteiger partial charge in [-0.25, -0.2) is 4.98 Å². The predicted octanol–water partition coefficient (Wildman–Crippen LogP) is 11.9. The second-order valence-electron chi connectivity index (χ2n) is 12.8. The molecule has 1 N–H and O–H groups in total. The summed E-state index contributed by atoms with van der Waals surface area (Å²) >= 11 is 0. The maximum atomic E-state index is 11.1. The van der Waals surface area contributed by atoms with Crippen LogP contribution in [0.4, 0.5) is 17.2 Å². The van der Waals surface area contributed by atoms with Crippen molar-refractivity contribution >= 4 is 28.0 Å². The molecule has 0 bridgehead atoms. The Morgan fingerprint density at radius 3 is 2.08 bits per heavy atom. The molecule has 5 aromatic carbocycles. The van der Waals surface area contributed by atoms with E-state index >= 15 is 0 Å². The summed E-state index contributed by atoms with van der Waals surface area (Å²) in [5.41, 5.74) is 9.54. The van der Waals surface area contributed by atoms with Crippen molar-refractivity contribution in [1.29, 1.82) is 0 Å². The van der Waals surface area contributed by atoms with Crippen molar-refractivity contribution < 1.29 is 26.2 Å². The summed E-state index contributed by atoms with van der Waals surface area (Å²) in [5, 5.41) is 13.4. The molecule has 0 saturated heterocycles. The van der Waals surface area contributed by atoms with Crippen LogP contribution in [-0.2, 0) is 21.1 Å². The average molecular weight is 820 g/mol. The minimum absolute atomic E-state index is 0. The van der Waals surface area contributed by atoms with Gasteiger partial charge in [0.1, 0.15) is 11.6 Å². The molecule has 0 saturated carbocycles. The number of rotatable bonds is 8. The zero-order chi connectivity index (χ0) is 33.2. The Labute approximate surface area is 303 Å². The molecule has 0 unspecified atom stereocenters. The molecule has 0 fully saturated rings. The number of aromatic hydroxyl groups is 1. The number of anilines is 3. The summed E-state index contributed by atoms with van der Waals surface area (Å²) < 4.78 is 0. The summed E-state index contributed by atoms with van der Waals surface area (Å²) in [4.78, 5) is 12.2. The van der Waals surface area contributed by atoms with Gasteiger partial charge in [0.15, 0.2) is 0 Å². The van der Waals surface area contributed by atoms with Crippen molar-refractivity contribution in [3.8, 4) is 39.4 Å². The van der Waals surface area contributed by atoms with Gasteiger partial charge < -0.3 is 10.0 Å². The molecule has 2 aromatic heterocycles. The number of phenolic OH excluding ortho intramolecular Hbond substituents is 1. The largest absolute Gasteiger partial charge is 0.507 e. The van der Waals surface area contributed by atoms with Crippen molar-refractivity contribution in [2.45, 2.75) is 39.5 Å². The molecular weight excluding hydrogens is 782 g/mol. The molecule has 0 radical (unpaired) electrons. The van der Waals surface area contributed by atoms with Crippen LogP contribution in [0.5, 0.6) is 5.75 Å². The first-order valence-electron chi connectivity index (χ1n) is 16.5. The molecule has 5 heteroatoms. The summed E-state index contributed by atoms with van der Waals surface area (Å²) in [7, 11) is 0. The third-order valence-electron chi connectivity index (χ3n) is 8.86. The molecule has 0 aliphatic rings. The number of fused-ring (bicyclic) bond motifs is 1. The van der Waals surface area contributed by atoms with Gasteiger partial charge in [-0.1, -0.05) is 113 Å². The van der Waals surface area contributed by atoms with Crippen LogP contribution >= 0.6 is 0 Å². The fourth-order valence-electron chi connectivity index (χ4n) is 6.22. The van der Waals surface area contributed by atoms with Gasteiger partial charge in [-0.2, -0.15) is 0 Å². The summed E-state index contributed by atoms with van der Waals surface area (Å²) in [6.07, 6.45) is 1.81. The maximum absolute atomic E-state index is 11.1. The molecule has 0 amide bonds. The molecule has 246 valence electrons. The SMILES string of the molecule is CC(C)c1cc(-c2ccc(-c3[c-]c(N(c4ccccn4)c4cccc5ccccc45)ccc3)nc2-c2ccccc2O)cc(C(C)C)c1.[Pt]. The summed E-state index contributed by atoms with van der Waals surface area (Å²) in [6.45, 7) is 8.90. The number of phenols is 1. The van der Waals surface area contributed by atoms with E-state index in [9.17, 15) is 5.11 Å². The third-order valence-corrected chi connectivity index (χ3v) is 8.86. The van der Waals surface area contributed by atoms with Crippen LogP contribution in [0.15, 0.2) is 140 Å². The normalized spacial score (nSPS) is 11.1. The Morgan fingerprint density at radius 2 is 1.35 bits per heavy atom. The van der Waals surface area contributed by atoms with Gasteiger partial charge in [0.25, 0.3) is 0 Å². The number of hydrogen-bond acceptors (Lipinski definition) is 4. The molecule has 7 aromatic rings. The van der Waals surface area contributed by atoms with Crippen LogP contribution in [0.1, 0.15) is 50.7 Å². The van der Waals surface area contributed by atoms with E-state index in [-0.39, 0.29) is 26.8 Å². The Kier molecular flexibility index (Phi) is 10.1. The van der Waals surface area contributed by atoms with Crippen molar-refractivity contribution in [3.05, 3.63) is 157 Å². The van der Waals surface area contributed by atoms with Crippen LogP contribution in [0, 0.1) is 6.07 Å². The zero-order valence-corrected chi connectivity index (χ0v) is 30.3. The minimum atomic E-state index is 0. The Bertz CT molecular complexity index is 2200. The number of pyridine rings is 2. The van der Waals surface area contributed by atoms with Crippen molar-refractivity contribution in [2.75, 3.05) is 4.90 Å². The van der Waals surface area contributed by atoms with Crippen LogP contribution in [-0.4, -0.2) is 15.1 Å². The molecule has 49 heavy (non-hydrogen) atoms. The van der Waals surface area contributed by atoms with E-state index in [1.54, 1.807) is 6.07 Å². The van der Waals surface area contributed by atoms with E-state index in [1.807, 2.05) is 54.7 Å². The van der Waals surface area contributed by atoms with Crippen LogP contribution in [0.2, 0.25) is 0 Å². The van der Waals surface area contributed by atoms with E-state index in [0.717, 1.165) is 56.0 Å². The quantitative estimate of drug-likeness (QED) is 0.155. The van der Waals surface area contributed by atoms with Crippen molar-refractivity contribution in [3.63, 3.8) is 0 Å². The molecule has 0 aliphatic heterocycles. The van der Waals surface area contributed by atoms with E-state index in [4.69, 9.17) is 9.97 Å². The van der Waals surface area contributed by atoms with Gasteiger partial charge in [0.05, 0.1) is 11.4 Å². The van der Waals surface area contributed by atoms with Crippen LogP contribution in [0.3, 0.4) is 0 Å². The summed E-state index contributed by atoms with van der Waals surface area (Å²) in [5.74, 6) is 1.75. The van der Waals surface area contributed by atoms with Gasteiger partial charge in [0.2, 0.25) is 0 Å². The smallest absolute Gasteiger partial charge is 0.136 e. The van der Waals surface area contributed by atoms with E-state index in [0.29, 0.717) is 17.4 Å². The maximum Gasteiger partial charge on any atom is 0.136 e. The molecule has 7 rings (SSSR count). The van der Waals surface area contributed by atoms with E-state index in [2.05, 4.69) is 118 Å². The fraction of sp³-hybridized carbons (Fsp3) is 0.136. The van der Waals surface area contributed by atoms with Crippen molar-refractivity contribution in [2.24, 2.45) is 0 Å². The predicted molar refractivity (Wildman–Crippen MR) is 199 cm³/mol. The monoisotopic (exact) mass is 819 g/mol. The second kappa shape index (κ2) is 14.6. The van der Waals surface area contributed by atoms with Gasteiger partial charge in [-0.3, -0.25) is 4.98 Å². The number of para-hydroxylation sites is 1. The van der Waals surface area contributed by atoms with Gasteiger partial charge in [0, 0.05) is 43.8 Å². The average Bonchev–Trinajstić information content (AvgIpc) is 3.12. The first-order valence-corrected chi connectivity index (χ1v) is 16.5. The van der Waals surface area contributed by atoms with E-state index < -0.39 is 0 Å². The van der Waals surface area contributed by atoms with Gasteiger partial charge in [-0.15, -0.1) is 29.8 Å². The molecule has 0 aliphatic carbocycles. The molecule has 0 spiro atoms.